The van der Waals surface area contributed by atoms with Crippen LogP contribution in [0.15, 0.2) is 47.3 Å². The molecule has 5 rings (SSSR count). The van der Waals surface area contributed by atoms with Gasteiger partial charge in [-0.15, -0.1) is 0 Å². The average Bonchev–Trinajstić information content (AvgIpc) is 3.25. The molecule has 0 N–H and O–H groups in total. The molecule has 2 aliphatic heterocycles. The van der Waals surface area contributed by atoms with Crippen LogP contribution < -0.4 is 19.9 Å². The first kappa shape index (κ1) is 21.3. The predicted molar refractivity (Wildman–Crippen MR) is 115 cm³/mol. The van der Waals surface area contributed by atoms with Crippen molar-refractivity contribution in [1.82, 2.24) is 14.5 Å². The molecule has 0 atom stereocenters. The number of rotatable bonds is 3. The van der Waals surface area contributed by atoms with E-state index in [2.05, 4.69) is 4.98 Å². The minimum Gasteiger partial charge on any atom is -0.454 e. The monoisotopic (exact) mass is 458 g/mol. The highest BCUT2D eigenvalue weighted by Gasteiger charge is 2.33. The lowest BCUT2D eigenvalue weighted by molar-refractivity contribution is -0.137. The number of alkyl halides is 3. The highest BCUT2D eigenvalue weighted by molar-refractivity contribution is 5.59. The Balaban J connectivity index is 1.55. The topological polar surface area (TPSA) is 59.8 Å². The number of ether oxygens (including phenoxy) is 2. The van der Waals surface area contributed by atoms with Crippen LogP contribution in [0.4, 0.5) is 24.8 Å². The summed E-state index contributed by atoms with van der Waals surface area (Å²) in [5.41, 5.74) is 1.32. The third-order valence-electron chi connectivity index (χ3n) is 5.87. The molecule has 0 unspecified atom stereocenters. The lowest BCUT2D eigenvalue weighted by atomic mass is 10.1. The Labute approximate surface area is 187 Å². The second-order valence-electron chi connectivity index (χ2n) is 8.13. The number of anilines is 2. The van der Waals surface area contributed by atoms with E-state index < -0.39 is 11.7 Å². The second-order valence-corrected chi connectivity index (χ2v) is 8.13. The number of halogens is 3. The molecular weight excluding hydrogens is 437 g/mol. The van der Waals surface area contributed by atoms with Crippen LogP contribution in [-0.4, -0.2) is 27.9 Å². The van der Waals surface area contributed by atoms with Gasteiger partial charge in [0, 0.05) is 23.5 Å². The average molecular weight is 458 g/mol. The van der Waals surface area contributed by atoms with E-state index in [1.54, 1.807) is 24.8 Å². The Morgan fingerprint density at radius 3 is 2.61 bits per heavy atom. The molecular formula is C23H21F3N4O3. The van der Waals surface area contributed by atoms with Gasteiger partial charge in [0.15, 0.2) is 11.5 Å². The van der Waals surface area contributed by atoms with Crippen molar-refractivity contribution in [3.8, 4) is 11.5 Å². The smallest absolute Gasteiger partial charge is 0.416 e. The molecule has 10 heteroatoms. The van der Waals surface area contributed by atoms with E-state index in [1.165, 1.54) is 10.6 Å². The molecule has 7 nitrogen and oxygen atoms in total. The van der Waals surface area contributed by atoms with Gasteiger partial charge in [-0.05, 0) is 49.7 Å². The van der Waals surface area contributed by atoms with E-state index >= 15 is 0 Å². The standard InChI is InChI=1S/C23H21F3N4O3/c1-14-15(2)27-22-29(18-5-3-4-17(9-18)23(24,25)26)11-28(12-30(22)21(14)31)10-16-6-7-19-20(8-16)33-13-32-19/h3-9H,10-13H2,1-2H3. The van der Waals surface area contributed by atoms with Crippen molar-refractivity contribution in [3.63, 3.8) is 0 Å². The van der Waals surface area contributed by atoms with E-state index in [0.29, 0.717) is 40.9 Å². The molecule has 0 amide bonds. The van der Waals surface area contributed by atoms with Gasteiger partial charge in [-0.2, -0.15) is 13.2 Å². The summed E-state index contributed by atoms with van der Waals surface area (Å²) in [6, 6.07) is 10.6. The molecule has 0 saturated carbocycles. The Bertz CT molecular complexity index is 1290. The number of nitrogens with zero attached hydrogens (tertiary/aromatic N) is 4. The molecule has 2 aliphatic rings. The lowest BCUT2D eigenvalue weighted by Gasteiger charge is -2.38. The first-order valence-corrected chi connectivity index (χ1v) is 10.3. The zero-order valence-electron chi connectivity index (χ0n) is 18.0. The zero-order valence-corrected chi connectivity index (χ0v) is 18.0. The molecule has 0 bridgehead atoms. The maximum Gasteiger partial charge on any atom is 0.416 e. The van der Waals surface area contributed by atoms with Gasteiger partial charge in [0.1, 0.15) is 0 Å². The first-order valence-electron chi connectivity index (χ1n) is 10.3. The number of aromatic nitrogens is 2. The summed E-state index contributed by atoms with van der Waals surface area (Å²) in [6.07, 6.45) is -4.48. The quantitative estimate of drug-likeness (QED) is 0.587. The van der Waals surface area contributed by atoms with Gasteiger partial charge in [0.05, 0.1) is 18.9 Å². The summed E-state index contributed by atoms with van der Waals surface area (Å²) in [5.74, 6) is 1.63. The van der Waals surface area contributed by atoms with Crippen LogP contribution in [-0.2, 0) is 19.4 Å². The fraction of sp³-hybridized carbons (Fsp3) is 0.304. The largest absolute Gasteiger partial charge is 0.454 e. The second kappa shape index (κ2) is 7.80. The molecule has 172 valence electrons. The molecule has 3 heterocycles. The van der Waals surface area contributed by atoms with Crippen molar-refractivity contribution >= 4 is 11.6 Å². The van der Waals surface area contributed by atoms with Gasteiger partial charge >= 0.3 is 6.18 Å². The third-order valence-corrected chi connectivity index (χ3v) is 5.87. The minimum absolute atomic E-state index is 0.166. The summed E-state index contributed by atoms with van der Waals surface area (Å²) in [4.78, 5) is 21.2. The Morgan fingerprint density at radius 2 is 1.82 bits per heavy atom. The molecule has 3 aromatic rings. The van der Waals surface area contributed by atoms with Crippen molar-refractivity contribution in [2.75, 3.05) is 18.4 Å². The van der Waals surface area contributed by atoms with Crippen molar-refractivity contribution in [2.45, 2.75) is 33.2 Å². The summed E-state index contributed by atoms with van der Waals surface area (Å²) < 4.78 is 52.4. The molecule has 1 aromatic heterocycles. The van der Waals surface area contributed by atoms with Crippen molar-refractivity contribution in [1.29, 1.82) is 0 Å². The molecule has 0 spiro atoms. The van der Waals surface area contributed by atoms with Crippen LogP contribution >= 0.6 is 0 Å². The van der Waals surface area contributed by atoms with E-state index in [9.17, 15) is 18.0 Å². The number of fused-ring (bicyclic) bond motifs is 2. The van der Waals surface area contributed by atoms with E-state index in [0.717, 1.165) is 17.7 Å². The summed E-state index contributed by atoms with van der Waals surface area (Å²) >= 11 is 0. The van der Waals surface area contributed by atoms with Crippen LogP contribution in [0.3, 0.4) is 0 Å². The van der Waals surface area contributed by atoms with Gasteiger partial charge < -0.3 is 9.47 Å². The Kier molecular flexibility index (Phi) is 5.04. The number of hydrogen-bond acceptors (Lipinski definition) is 6. The highest BCUT2D eigenvalue weighted by Crippen LogP contribution is 2.36. The predicted octanol–water partition coefficient (Wildman–Crippen LogP) is 4.18. The normalized spacial score (nSPS) is 15.6. The van der Waals surface area contributed by atoms with Crippen molar-refractivity contribution in [2.24, 2.45) is 0 Å². The van der Waals surface area contributed by atoms with Crippen LogP contribution in [0.1, 0.15) is 22.4 Å². The number of hydrogen-bond donors (Lipinski definition) is 0. The van der Waals surface area contributed by atoms with Gasteiger partial charge in [-0.25, -0.2) is 4.98 Å². The van der Waals surface area contributed by atoms with E-state index in [1.807, 2.05) is 23.1 Å². The molecule has 0 saturated heterocycles. The van der Waals surface area contributed by atoms with Crippen LogP contribution in [0.25, 0.3) is 0 Å². The number of benzene rings is 2. The first-order chi connectivity index (χ1) is 15.7. The summed E-state index contributed by atoms with van der Waals surface area (Å²) in [7, 11) is 0. The van der Waals surface area contributed by atoms with Gasteiger partial charge in [0.25, 0.3) is 5.56 Å². The van der Waals surface area contributed by atoms with Crippen LogP contribution in [0.5, 0.6) is 11.5 Å². The highest BCUT2D eigenvalue weighted by atomic mass is 19.4. The third kappa shape index (κ3) is 3.91. The zero-order chi connectivity index (χ0) is 23.3. The van der Waals surface area contributed by atoms with Crippen molar-refractivity contribution in [3.05, 3.63) is 75.2 Å². The molecule has 33 heavy (non-hydrogen) atoms. The van der Waals surface area contributed by atoms with E-state index in [-0.39, 0.29) is 25.7 Å². The molecule has 0 aliphatic carbocycles. The summed E-state index contributed by atoms with van der Waals surface area (Å²) in [6.45, 7) is 4.55. The fourth-order valence-corrected chi connectivity index (χ4v) is 4.03. The number of aryl methyl sites for hydroxylation is 1. The molecule has 2 aromatic carbocycles. The molecule has 0 radical (unpaired) electrons. The van der Waals surface area contributed by atoms with Gasteiger partial charge in [0.2, 0.25) is 12.7 Å². The lowest BCUT2D eigenvalue weighted by Crippen LogP contribution is -2.47. The molecule has 0 fully saturated rings. The van der Waals surface area contributed by atoms with E-state index in [4.69, 9.17) is 9.47 Å². The Morgan fingerprint density at radius 1 is 1.03 bits per heavy atom. The SMILES string of the molecule is Cc1nc2n(c(=O)c1C)CN(Cc1ccc3c(c1)OCO3)CN2c1cccc(C(F)(F)F)c1. The maximum atomic E-state index is 13.4. The van der Waals surface area contributed by atoms with Gasteiger partial charge in [-0.1, -0.05) is 12.1 Å². The van der Waals surface area contributed by atoms with Gasteiger partial charge in [-0.3, -0.25) is 19.2 Å². The minimum atomic E-state index is -4.48. The van der Waals surface area contributed by atoms with Crippen LogP contribution in [0.2, 0.25) is 0 Å². The van der Waals surface area contributed by atoms with Crippen LogP contribution in [0, 0.1) is 13.8 Å². The summed E-state index contributed by atoms with van der Waals surface area (Å²) in [5, 5.41) is 0. The van der Waals surface area contributed by atoms with Crippen molar-refractivity contribution < 1.29 is 22.6 Å². The fourth-order valence-electron chi connectivity index (χ4n) is 4.03. The Hall–Kier alpha value is -3.53. The maximum absolute atomic E-state index is 13.4.